The van der Waals surface area contributed by atoms with Crippen LogP contribution in [0.5, 0.6) is 0 Å². The van der Waals surface area contributed by atoms with Crippen molar-refractivity contribution < 1.29 is 9.53 Å². The maximum absolute atomic E-state index is 12.7. The van der Waals surface area contributed by atoms with Crippen LogP contribution in [0.25, 0.3) is 0 Å². The molecule has 1 aliphatic heterocycles. The van der Waals surface area contributed by atoms with Gasteiger partial charge in [-0.3, -0.25) is 4.79 Å². The molecule has 1 saturated heterocycles. The van der Waals surface area contributed by atoms with E-state index in [2.05, 4.69) is 20.3 Å². The number of nitrogens with zero attached hydrogens (tertiary/aromatic N) is 2. The fourth-order valence-electron chi connectivity index (χ4n) is 2.92. The van der Waals surface area contributed by atoms with Crippen LogP contribution in [0.3, 0.4) is 0 Å². The molecule has 0 aliphatic carbocycles. The standard InChI is InChI=1S/C16H20N4O2/c1-11-10-13(12(2)19-11)14(21)20-16(4-8-22-9-5-16)15-17-6-3-7-18-15/h3,6-7,10,19H,4-5,8-9H2,1-2H3,(H,20,21). The van der Waals surface area contributed by atoms with Gasteiger partial charge in [0, 0.05) is 49.8 Å². The predicted molar refractivity (Wildman–Crippen MR) is 81.5 cm³/mol. The maximum atomic E-state index is 12.7. The number of aromatic nitrogens is 3. The molecule has 6 heteroatoms. The molecule has 6 nitrogen and oxygen atoms in total. The summed E-state index contributed by atoms with van der Waals surface area (Å²) >= 11 is 0. The van der Waals surface area contributed by atoms with E-state index in [0.29, 0.717) is 37.4 Å². The Morgan fingerprint density at radius 3 is 2.55 bits per heavy atom. The number of aryl methyl sites for hydroxylation is 2. The highest BCUT2D eigenvalue weighted by Gasteiger charge is 2.39. The number of amides is 1. The van der Waals surface area contributed by atoms with Gasteiger partial charge in [0.1, 0.15) is 5.54 Å². The summed E-state index contributed by atoms with van der Waals surface area (Å²) in [6, 6.07) is 3.64. The molecule has 0 bridgehead atoms. The largest absolute Gasteiger partial charge is 0.381 e. The minimum atomic E-state index is -0.561. The molecule has 1 aliphatic rings. The average Bonchev–Trinajstić information content (AvgIpc) is 2.88. The monoisotopic (exact) mass is 300 g/mol. The number of aromatic amines is 1. The molecule has 116 valence electrons. The highest BCUT2D eigenvalue weighted by molar-refractivity contribution is 5.96. The molecule has 2 N–H and O–H groups in total. The number of hydrogen-bond acceptors (Lipinski definition) is 4. The van der Waals surface area contributed by atoms with Crippen LogP contribution in [0.4, 0.5) is 0 Å². The fraction of sp³-hybridized carbons (Fsp3) is 0.438. The van der Waals surface area contributed by atoms with Crippen LogP contribution in [0.1, 0.15) is 40.4 Å². The van der Waals surface area contributed by atoms with Crippen LogP contribution in [-0.4, -0.2) is 34.1 Å². The van der Waals surface area contributed by atoms with Crippen LogP contribution in [0.15, 0.2) is 24.5 Å². The Balaban J connectivity index is 1.91. The highest BCUT2D eigenvalue weighted by Crippen LogP contribution is 2.30. The van der Waals surface area contributed by atoms with Crippen molar-refractivity contribution in [2.45, 2.75) is 32.2 Å². The Hall–Kier alpha value is -2.21. The first-order valence-electron chi connectivity index (χ1n) is 7.45. The summed E-state index contributed by atoms with van der Waals surface area (Å²) < 4.78 is 5.45. The summed E-state index contributed by atoms with van der Waals surface area (Å²) in [6.45, 7) is 5.01. The van der Waals surface area contributed by atoms with Crippen molar-refractivity contribution in [2.24, 2.45) is 0 Å². The van der Waals surface area contributed by atoms with Crippen molar-refractivity contribution in [3.8, 4) is 0 Å². The predicted octanol–water partition coefficient (Wildman–Crippen LogP) is 1.86. The van der Waals surface area contributed by atoms with E-state index in [-0.39, 0.29) is 5.91 Å². The van der Waals surface area contributed by atoms with Gasteiger partial charge in [-0.05, 0) is 26.0 Å². The zero-order chi connectivity index (χ0) is 15.6. The lowest BCUT2D eigenvalue weighted by Crippen LogP contribution is -2.50. The van der Waals surface area contributed by atoms with E-state index in [1.54, 1.807) is 18.5 Å². The summed E-state index contributed by atoms with van der Waals surface area (Å²) in [5.74, 6) is 0.549. The van der Waals surface area contributed by atoms with Crippen molar-refractivity contribution in [3.05, 3.63) is 47.3 Å². The van der Waals surface area contributed by atoms with Gasteiger partial charge in [0.15, 0.2) is 5.82 Å². The molecule has 1 fully saturated rings. The minimum absolute atomic E-state index is 0.101. The summed E-state index contributed by atoms with van der Waals surface area (Å²) in [4.78, 5) is 24.6. The molecule has 22 heavy (non-hydrogen) atoms. The molecule has 0 spiro atoms. The number of carbonyl (C=O) groups excluding carboxylic acids is 1. The van der Waals surface area contributed by atoms with E-state index >= 15 is 0 Å². The molecule has 0 aromatic carbocycles. The summed E-state index contributed by atoms with van der Waals surface area (Å²) in [6.07, 6.45) is 4.76. The first-order chi connectivity index (χ1) is 10.6. The smallest absolute Gasteiger partial charge is 0.253 e. The van der Waals surface area contributed by atoms with Gasteiger partial charge < -0.3 is 15.0 Å². The zero-order valence-electron chi connectivity index (χ0n) is 12.8. The first kappa shape index (κ1) is 14.7. The summed E-state index contributed by atoms with van der Waals surface area (Å²) in [5, 5.41) is 3.16. The zero-order valence-corrected chi connectivity index (χ0v) is 12.8. The van der Waals surface area contributed by atoms with Gasteiger partial charge in [0.05, 0.1) is 5.56 Å². The quantitative estimate of drug-likeness (QED) is 0.906. The van der Waals surface area contributed by atoms with Crippen molar-refractivity contribution in [2.75, 3.05) is 13.2 Å². The van der Waals surface area contributed by atoms with Gasteiger partial charge in [-0.15, -0.1) is 0 Å². The number of nitrogens with one attached hydrogen (secondary N) is 2. The van der Waals surface area contributed by atoms with Gasteiger partial charge in [0.25, 0.3) is 5.91 Å². The molecule has 3 rings (SSSR count). The van der Waals surface area contributed by atoms with E-state index in [9.17, 15) is 4.79 Å². The number of rotatable bonds is 3. The average molecular weight is 300 g/mol. The second-order valence-corrected chi connectivity index (χ2v) is 5.71. The van der Waals surface area contributed by atoms with Gasteiger partial charge >= 0.3 is 0 Å². The number of H-pyrrole nitrogens is 1. The Bertz CT molecular complexity index is 660. The third kappa shape index (κ3) is 2.74. The maximum Gasteiger partial charge on any atom is 0.253 e. The third-order valence-electron chi connectivity index (χ3n) is 4.09. The Kier molecular flexibility index (Phi) is 3.94. The number of ether oxygens (including phenoxy) is 1. The lowest BCUT2D eigenvalue weighted by atomic mass is 9.88. The van der Waals surface area contributed by atoms with Crippen LogP contribution < -0.4 is 5.32 Å². The van der Waals surface area contributed by atoms with Gasteiger partial charge in [-0.2, -0.15) is 0 Å². The molecule has 0 saturated carbocycles. The summed E-state index contributed by atoms with van der Waals surface area (Å²) in [5.41, 5.74) is 1.94. The Morgan fingerprint density at radius 2 is 1.95 bits per heavy atom. The number of carbonyl (C=O) groups is 1. The normalized spacial score (nSPS) is 17.2. The lowest BCUT2D eigenvalue weighted by Gasteiger charge is -2.36. The topological polar surface area (TPSA) is 79.9 Å². The van der Waals surface area contributed by atoms with Crippen LogP contribution in [-0.2, 0) is 10.3 Å². The van der Waals surface area contributed by atoms with Gasteiger partial charge in [0.2, 0.25) is 0 Å². The fourth-order valence-corrected chi connectivity index (χ4v) is 2.92. The highest BCUT2D eigenvalue weighted by atomic mass is 16.5. The minimum Gasteiger partial charge on any atom is -0.381 e. The van der Waals surface area contributed by atoms with Crippen molar-refractivity contribution in [1.29, 1.82) is 0 Å². The molecule has 0 atom stereocenters. The second-order valence-electron chi connectivity index (χ2n) is 5.71. The first-order valence-corrected chi connectivity index (χ1v) is 7.45. The van der Waals surface area contributed by atoms with Crippen molar-refractivity contribution in [1.82, 2.24) is 20.3 Å². The van der Waals surface area contributed by atoms with Crippen molar-refractivity contribution in [3.63, 3.8) is 0 Å². The molecule has 3 heterocycles. The lowest BCUT2D eigenvalue weighted by molar-refractivity contribution is 0.0313. The molecule has 0 unspecified atom stereocenters. The molecular formula is C16H20N4O2. The third-order valence-corrected chi connectivity index (χ3v) is 4.09. The Morgan fingerprint density at radius 1 is 1.27 bits per heavy atom. The molecular weight excluding hydrogens is 280 g/mol. The van der Waals surface area contributed by atoms with Gasteiger partial charge in [-0.25, -0.2) is 9.97 Å². The van der Waals surface area contributed by atoms with E-state index < -0.39 is 5.54 Å². The molecule has 2 aromatic rings. The van der Waals surface area contributed by atoms with Crippen molar-refractivity contribution >= 4 is 5.91 Å². The summed E-state index contributed by atoms with van der Waals surface area (Å²) in [7, 11) is 0. The number of hydrogen-bond donors (Lipinski definition) is 2. The molecule has 1 amide bonds. The van der Waals surface area contributed by atoms with E-state index in [1.165, 1.54) is 0 Å². The SMILES string of the molecule is Cc1cc(C(=O)NC2(c3ncccn3)CCOCC2)c(C)[nH]1. The Labute approximate surface area is 129 Å². The van der Waals surface area contributed by atoms with Gasteiger partial charge in [-0.1, -0.05) is 0 Å². The van der Waals surface area contributed by atoms with E-state index in [1.807, 2.05) is 19.9 Å². The van der Waals surface area contributed by atoms with Crippen LogP contribution >= 0.6 is 0 Å². The van der Waals surface area contributed by atoms with Crippen LogP contribution in [0.2, 0.25) is 0 Å². The molecule has 0 radical (unpaired) electrons. The molecule has 2 aromatic heterocycles. The van der Waals surface area contributed by atoms with E-state index in [0.717, 1.165) is 11.4 Å². The van der Waals surface area contributed by atoms with E-state index in [4.69, 9.17) is 4.74 Å². The van der Waals surface area contributed by atoms with Crippen LogP contribution in [0, 0.1) is 13.8 Å². The second kappa shape index (κ2) is 5.88.